The Morgan fingerprint density at radius 3 is 2.18 bits per heavy atom. The molecule has 2 aromatic rings. The van der Waals surface area contributed by atoms with Crippen molar-refractivity contribution in [1.29, 1.82) is 0 Å². The lowest BCUT2D eigenvalue weighted by Crippen LogP contribution is -2.37. The molecular formula is C20H23Si2. The van der Waals surface area contributed by atoms with Crippen LogP contribution in [-0.2, 0) is 0 Å². The summed E-state index contributed by atoms with van der Waals surface area (Å²) >= 11 is 0. The molecule has 0 heterocycles. The van der Waals surface area contributed by atoms with Gasteiger partial charge in [-0.05, 0) is 32.8 Å². The summed E-state index contributed by atoms with van der Waals surface area (Å²) in [4.78, 5) is 0. The highest BCUT2D eigenvalue weighted by Crippen LogP contribution is 2.15. The summed E-state index contributed by atoms with van der Waals surface area (Å²) in [7, 11) is -1.67. The van der Waals surface area contributed by atoms with Crippen LogP contribution in [0, 0.1) is 0 Å². The summed E-state index contributed by atoms with van der Waals surface area (Å²) < 4.78 is 0. The predicted octanol–water partition coefficient (Wildman–Crippen LogP) is 2.86. The third-order valence-electron chi connectivity index (χ3n) is 4.26. The second kappa shape index (κ2) is 5.60. The molecule has 0 saturated carbocycles. The molecule has 0 saturated heterocycles. The number of hydrogen-bond acceptors (Lipinski definition) is 0. The van der Waals surface area contributed by atoms with Crippen LogP contribution in [0.5, 0.6) is 0 Å². The molecule has 0 bridgehead atoms. The first-order valence-corrected chi connectivity index (χ1v) is 13.9. The maximum atomic E-state index is 3.59. The van der Waals surface area contributed by atoms with E-state index >= 15 is 0 Å². The van der Waals surface area contributed by atoms with Crippen LogP contribution in [0.1, 0.15) is 0 Å². The van der Waals surface area contributed by atoms with E-state index in [0.717, 1.165) is 0 Å². The Hall–Kier alpha value is -1.52. The van der Waals surface area contributed by atoms with Gasteiger partial charge >= 0.3 is 0 Å². The molecule has 1 radical (unpaired) electrons. The van der Waals surface area contributed by atoms with Crippen LogP contribution in [-0.4, -0.2) is 21.7 Å². The zero-order valence-electron chi connectivity index (χ0n) is 14.1. The van der Waals surface area contributed by atoms with Crippen molar-refractivity contribution in [2.45, 2.75) is 32.7 Å². The standard InChI is InChI=1S/C20H23Si2/c1-21(2)17-13-16-7-6-8-19(20(16)14-17)15-9-11-18(12-10-15)22(3,4)5/h6-12,14H,1-5H3. The SMILES string of the molecule is C[Si](C)=C1[C]=c2cccc(-c3ccc([Si](C)(C)C)cc3)c2=C1. The Kier molecular flexibility index (Phi) is 3.91. The predicted molar refractivity (Wildman–Crippen MR) is 104 cm³/mol. The number of fused-ring (bicyclic) bond motifs is 1. The van der Waals surface area contributed by atoms with E-state index in [9.17, 15) is 0 Å². The highest BCUT2D eigenvalue weighted by molar-refractivity contribution is 6.88. The van der Waals surface area contributed by atoms with Gasteiger partial charge in [0.05, 0.1) is 8.07 Å². The van der Waals surface area contributed by atoms with Gasteiger partial charge in [-0.2, -0.15) is 0 Å². The van der Waals surface area contributed by atoms with Crippen LogP contribution < -0.4 is 15.6 Å². The zero-order valence-corrected chi connectivity index (χ0v) is 16.1. The average molecular weight is 320 g/mol. The lowest BCUT2D eigenvalue weighted by atomic mass is 10.0. The van der Waals surface area contributed by atoms with E-state index in [1.165, 1.54) is 31.9 Å². The van der Waals surface area contributed by atoms with Gasteiger partial charge in [-0.25, -0.2) is 0 Å². The molecule has 0 amide bonds. The van der Waals surface area contributed by atoms with Crippen LogP contribution in [0.3, 0.4) is 0 Å². The highest BCUT2D eigenvalue weighted by Gasteiger charge is 2.16. The number of benzene rings is 2. The van der Waals surface area contributed by atoms with Gasteiger partial charge in [0.2, 0.25) is 0 Å². The average Bonchev–Trinajstić information content (AvgIpc) is 2.90. The van der Waals surface area contributed by atoms with Gasteiger partial charge in [0.15, 0.2) is 0 Å². The Morgan fingerprint density at radius 1 is 0.909 bits per heavy atom. The highest BCUT2D eigenvalue weighted by atomic mass is 28.3. The van der Waals surface area contributed by atoms with Crippen LogP contribution in [0.2, 0.25) is 32.7 Å². The van der Waals surface area contributed by atoms with Crippen molar-refractivity contribution < 1.29 is 0 Å². The molecule has 1 aliphatic rings. The molecular weight excluding hydrogens is 296 g/mol. The van der Waals surface area contributed by atoms with Crippen molar-refractivity contribution in [1.82, 2.24) is 0 Å². The van der Waals surface area contributed by atoms with Crippen LogP contribution in [0.15, 0.2) is 42.5 Å². The van der Waals surface area contributed by atoms with Crippen molar-refractivity contribution in [3.05, 3.63) is 52.9 Å². The van der Waals surface area contributed by atoms with E-state index < -0.39 is 16.5 Å². The van der Waals surface area contributed by atoms with Gasteiger partial charge < -0.3 is 0 Å². The summed E-state index contributed by atoms with van der Waals surface area (Å²) in [6, 6.07) is 15.8. The maximum Gasteiger partial charge on any atom is 0.0775 e. The molecule has 0 fully saturated rings. The molecule has 2 heteroatoms. The van der Waals surface area contributed by atoms with Crippen molar-refractivity contribution in [3.8, 4) is 11.1 Å². The van der Waals surface area contributed by atoms with Crippen molar-refractivity contribution in [2.75, 3.05) is 0 Å². The topological polar surface area (TPSA) is 0 Å². The van der Waals surface area contributed by atoms with Gasteiger partial charge in [0.25, 0.3) is 0 Å². The number of rotatable bonds is 2. The van der Waals surface area contributed by atoms with Crippen molar-refractivity contribution in [2.24, 2.45) is 0 Å². The largest absolute Gasteiger partial charge is 0.0775 e. The lowest BCUT2D eigenvalue weighted by Gasteiger charge is -2.16. The Morgan fingerprint density at radius 2 is 1.59 bits per heavy atom. The first-order valence-electron chi connectivity index (χ1n) is 7.89. The van der Waals surface area contributed by atoms with Crippen LogP contribution in [0.25, 0.3) is 23.3 Å². The summed E-state index contributed by atoms with van der Waals surface area (Å²) in [5.41, 5.74) is 2.66. The fraction of sp³-hybridized carbons (Fsp3) is 0.250. The Balaban J connectivity index is 2.14. The van der Waals surface area contributed by atoms with Gasteiger partial charge in [0, 0.05) is 8.41 Å². The Bertz CT molecular complexity index is 859. The van der Waals surface area contributed by atoms with E-state index in [1.54, 1.807) is 0 Å². The fourth-order valence-electron chi connectivity index (χ4n) is 2.83. The minimum absolute atomic E-state index is 0.447. The van der Waals surface area contributed by atoms with Crippen molar-refractivity contribution >= 4 is 39.0 Å². The molecule has 0 N–H and O–H groups in total. The van der Waals surface area contributed by atoms with Crippen LogP contribution >= 0.6 is 0 Å². The van der Waals surface area contributed by atoms with Gasteiger partial charge in [0.1, 0.15) is 0 Å². The zero-order chi connectivity index (χ0) is 15.9. The molecule has 0 aliphatic heterocycles. The monoisotopic (exact) mass is 319 g/mol. The molecule has 111 valence electrons. The smallest absolute Gasteiger partial charge is 0.0656 e. The summed E-state index contributed by atoms with van der Waals surface area (Å²) in [5.74, 6) is 0. The fourth-order valence-corrected chi connectivity index (χ4v) is 4.81. The molecule has 0 spiro atoms. The molecule has 22 heavy (non-hydrogen) atoms. The van der Waals surface area contributed by atoms with Gasteiger partial charge in [-0.3, -0.25) is 0 Å². The molecule has 0 nitrogen and oxygen atoms in total. The van der Waals surface area contributed by atoms with Gasteiger partial charge in [-0.1, -0.05) is 86.5 Å². The van der Waals surface area contributed by atoms with E-state index in [0.29, 0.717) is 0 Å². The van der Waals surface area contributed by atoms with Crippen molar-refractivity contribution in [3.63, 3.8) is 0 Å². The molecule has 0 aromatic heterocycles. The van der Waals surface area contributed by atoms with Gasteiger partial charge in [-0.15, -0.1) is 0 Å². The van der Waals surface area contributed by atoms with E-state index in [1.807, 2.05) is 0 Å². The number of hydrogen-bond donors (Lipinski definition) is 0. The summed E-state index contributed by atoms with van der Waals surface area (Å²) in [5, 5.41) is 5.54. The molecule has 0 unspecified atom stereocenters. The van der Waals surface area contributed by atoms with E-state index in [-0.39, 0.29) is 0 Å². The quantitative estimate of drug-likeness (QED) is 0.747. The second-order valence-electron chi connectivity index (χ2n) is 7.28. The third-order valence-corrected chi connectivity index (χ3v) is 7.68. The lowest BCUT2D eigenvalue weighted by molar-refractivity contribution is 1.52. The molecule has 1 aliphatic carbocycles. The Labute approximate surface area is 136 Å². The van der Waals surface area contributed by atoms with Crippen LogP contribution in [0.4, 0.5) is 0 Å². The molecule has 0 atom stereocenters. The molecule has 3 rings (SSSR count). The summed E-state index contributed by atoms with van der Waals surface area (Å²) in [6.45, 7) is 11.9. The minimum atomic E-state index is -1.22. The minimum Gasteiger partial charge on any atom is -0.0656 e. The second-order valence-corrected chi connectivity index (χ2v) is 14.9. The van der Waals surface area contributed by atoms with E-state index in [4.69, 9.17) is 0 Å². The maximum absolute atomic E-state index is 3.59. The molecule has 2 aromatic carbocycles. The normalized spacial score (nSPS) is 13.4. The van der Waals surface area contributed by atoms with E-state index in [2.05, 4.69) is 87.4 Å². The summed E-state index contributed by atoms with van der Waals surface area (Å²) in [6.07, 6.45) is 5.95. The first-order chi connectivity index (χ1) is 10.4. The first kappa shape index (κ1) is 15.4. The third kappa shape index (κ3) is 2.86.